The van der Waals surface area contributed by atoms with Crippen molar-refractivity contribution in [3.8, 4) is 0 Å². The van der Waals surface area contributed by atoms with E-state index in [0.717, 1.165) is 28.0 Å². The smallest absolute Gasteiger partial charge is 0.265 e. The van der Waals surface area contributed by atoms with Gasteiger partial charge in [-0.3, -0.25) is 4.79 Å². The number of hydrogen-bond acceptors (Lipinski definition) is 5. The van der Waals surface area contributed by atoms with Crippen molar-refractivity contribution in [1.29, 1.82) is 0 Å². The van der Waals surface area contributed by atoms with Crippen LogP contribution in [-0.2, 0) is 7.05 Å². The van der Waals surface area contributed by atoms with E-state index in [4.69, 9.17) is 0 Å². The lowest BCUT2D eigenvalue weighted by molar-refractivity contribution is 0.0919. The van der Waals surface area contributed by atoms with E-state index < -0.39 is 6.10 Å². The maximum absolute atomic E-state index is 12.0. The summed E-state index contributed by atoms with van der Waals surface area (Å²) >= 11 is 1.05. The van der Waals surface area contributed by atoms with Gasteiger partial charge in [0.15, 0.2) is 0 Å². The van der Waals surface area contributed by atoms with Crippen LogP contribution in [-0.4, -0.2) is 31.7 Å². The SMILES string of the molecule is Cc1nnsc1C(=O)NC[C@@H](O)c1ccc2c(ccn2C)c1. The van der Waals surface area contributed by atoms with Gasteiger partial charge in [-0.1, -0.05) is 10.6 Å². The molecule has 3 rings (SSSR count). The quantitative estimate of drug-likeness (QED) is 0.769. The number of fused-ring (bicyclic) bond motifs is 1. The number of nitrogens with one attached hydrogen (secondary N) is 1. The van der Waals surface area contributed by atoms with Gasteiger partial charge in [0.05, 0.1) is 11.8 Å². The molecule has 0 fully saturated rings. The zero-order valence-corrected chi connectivity index (χ0v) is 13.1. The topological polar surface area (TPSA) is 80.0 Å². The molecule has 0 radical (unpaired) electrons. The Morgan fingerprint density at radius 2 is 2.27 bits per heavy atom. The van der Waals surface area contributed by atoms with Crippen LogP contribution in [0.3, 0.4) is 0 Å². The van der Waals surface area contributed by atoms with Crippen LogP contribution in [0.2, 0.25) is 0 Å². The normalized spacial score (nSPS) is 12.5. The number of nitrogens with zero attached hydrogens (tertiary/aromatic N) is 3. The van der Waals surface area contributed by atoms with Crippen LogP contribution in [0.4, 0.5) is 0 Å². The average Bonchev–Trinajstić information content (AvgIpc) is 3.10. The van der Waals surface area contributed by atoms with Crippen molar-refractivity contribution in [1.82, 2.24) is 19.5 Å². The number of aliphatic hydroxyl groups excluding tert-OH is 1. The largest absolute Gasteiger partial charge is 0.387 e. The van der Waals surface area contributed by atoms with Crippen molar-refractivity contribution in [2.24, 2.45) is 7.05 Å². The van der Waals surface area contributed by atoms with Crippen molar-refractivity contribution in [3.63, 3.8) is 0 Å². The van der Waals surface area contributed by atoms with Crippen molar-refractivity contribution in [3.05, 3.63) is 46.6 Å². The summed E-state index contributed by atoms with van der Waals surface area (Å²) in [6.07, 6.45) is 1.22. The van der Waals surface area contributed by atoms with Gasteiger partial charge in [-0.2, -0.15) is 0 Å². The molecule has 7 heteroatoms. The highest BCUT2D eigenvalue weighted by atomic mass is 32.1. The fourth-order valence-corrected chi connectivity index (χ4v) is 2.91. The summed E-state index contributed by atoms with van der Waals surface area (Å²) in [5.41, 5.74) is 2.48. The monoisotopic (exact) mass is 316 g/mol. The maximum Gasteiger partial charge on any atom is 0.265 e. The summed E-state index contributed by atoms with van der Waals surface area (Å²) in [6, 6.07) is 7.77. The summed E-state index contributed by atoms with van der Waals surface area (Å²) in [5, 5.41) is 17.8. The Balaban J connectivity index is 1.69. The van der Waals surface area contributed by atoms with Gasteiger partial charge in [-0.05, 0) is 47.6 Å². The Morgan fingerprint density at radius 3 is 3.00 bits per heavy atom. The van der Waals surface area contributed by atoms with Crippen molar-refractivity contribution in [2.45, 2.75) is 13.0 Å². The van der Waals surface area contributed by atoms with E-state index in [9.17, 15) is 9.90 Å². The number of hydrogen-bond donors (Lipinski definition) is 2. The second-order valence-electron chi connectivity index (χ2n) is 5.16. The standard InChI is InChI=1S/C15H16N4O2S/c1-9-14(22-18-17-9)15(21)16-8-13(20)11-3-4-12-10(7-11)5-6-19(12)2/h3-7,13,20H,8H2,1-2H3,(H,16,21)/t13-/m1/s1. The second-order valence-corrected chi connectivity index (χ2v) is 5.91. The molecule has 3 aromatic rings. The minimum Gasteiger partial charge on any atom is -0.387 e. The lowest BCUT2D eigenvalue weighted by atomic mass is 10.1. The molecule has 0 saturated carbocycles. The average molecular weight is 316 g/mol. The van der Waals surface area contributed by atoms with E-state index in [-0.39, 0.29) is 12.5 Å². The van der Waals surface area contributed by atoms with Crippen LogP contribution in [0.15, 0.2) is 30.5 Å². The zero-order chi connectivity index (χ0) is 15.7. The zero-order valence-electron chi connectivity index (χ0n) is 12.3. The Bertz CT molecular complexity index is 824. The minimum absolute atomic E-state index is 0.147. The third-order valence-corrected chi connectivity index (χ3v) is 4.43. The molecule has 0 unspecified atom stereocenters. The lowest BCUT2D eigenvalue weighted by Gasteiger charge is -2.12. The van der Waals surface area contributed by atoms with Gasteiger partial charge in [0.25, 0.3) is 5.91 Å². The molecule has 0 aliphatic rings. The van der Waals surface area contributed by atoms with Crippen molar-refractivity contribution >= 4 is 28.3 Å². The molecule has 114 valence electrons. The van der Waals surface area contributed by atoms with Crippen molar-refractivity contribution < 1.29 is 9.90 Å². The molecule has 6 nitrogen and oxygen atoms in total. The third kappa shape index (κ3) is 2.72. The summed E-state index contributed by atoms with van der Waals surface area (Å²) in [5.74, 6) is -0.257. The Hall–Kier alpha value is -2.25. The van der Waals surface area contributed by atoms with Gasteiger partial charge < -0.3 is 15.0 Å². The van der Waals surface area contributed by atoms with Crippen molar-refractivity contribution in [2.75, 3.05) is 6.54 Å². The van der Waals surface area contributed by atoms with E-state index >= 15 is 0 Å². The Morgan fingerprint density at radius 1 is 1.45 bits per heavy atom. The minimum atomic E-state index is -0.755. The lowest BCUT2D eigenvalue weighted by Crippen LogP contribution is -2.28. The molecule has 0 saturated heterocycles. The van der Waals surface area contributed by atoms with Crippen LogP contribution in [0.1, 0.15) is 27.0 Å². The molecular formula is C15H16N4O2S. The summed E-state index contributed by atoms with van der Waals surface area (Å²) in [7, 11) is 1.98. The number of aromatic nitrogens is 3. The van der Waals surface area contributed by atoms with Crippen LogP contribution in [0.25, 0.3) is 10.9 Å². The molecule has 22 heavy (non-hydrogen) atoms. The number of aliphatic hydroxyl groups is 1. The van der Waals surface area contributed by atoms with Gasteiger partial charge in [-0.25, -0.2) is 0 Å². The molecule has 2 N–H and O–H groups in total. The first-order chi connectivity index (χ1) is 10.6. The van der Waals surface area contributed by atoms with Crippen LogP contribution in [0.5, 0.6) is 0 Å². The molecule has 0 bridgehead atoms. The summed E-state index contributed by atoms with van der Waals surface area (Å²) < 4.78 is 5.75. The first-order valence-corrected chi connectivity index (χ1v) is 7.64. The number of aryl methyl sites for hydroxylation is 2. The predicted octanol–water partition coefficient (Wildman–Crippen LogP) is 1.80. The second kappa shape index (κ2) is 5.86. The van der Waals surface area contributed by atoms with Gasteiger partial charge >= 0.3 is 0 Å². The molecule has 0 spiro atoms. The van der Waals surface area contributed by atoms with Gasteiger partial charge in [-0.15, -0.1) is 5.10 Å². The molecular weight excluding hydrogens is 300 g/mol. The van der Waals surface area contributed by atoms with E-state index in [1.54, 1.807) is 6.92 Å². The highest BCUT2D eigenvalue weighted by Gasteiger charge is 2.15. The molecule has 1 amide bonds. The highest BCUT2D eigenvalue weighted by molar-refractivity contribution is 7.07. The molecule has 1 atom stereocenters. The summed E-state index contributed by atoms with van der Waals surface area (Å²) in [4.78, 5) is 12.5. The number of amides is 1. The Labute approximate surface area is 131 Å². The molecule has 2 heterocycles. The van der Waals surface area contributed by atoms with E-state index in [1.807, 2.05) is 42.1 Å². The van der Waals surface area contributed by atoms with Crippen LogP contribution < -0.4 is 5.32 Å². The third-order valence-electron chi connectivity index (χ3n) is 3.61. The maximum atomic E-state index is 12.0. The summed E-state index contributed by atoms with van der Waals surface area (Å²) in [6.45, 7) is 1.88. The van der Waals surface area contributed by atoms with Crippen LogP contribution in [0, 0.1) is 6.92 Å². The molecule has 2 aromatic heterocycles. The van der Waals surface area contributed by atoms with E-state index in [2.05, 4.69) is 14.9 Å². The number of rotatable bonds is 4. The highest BCUT2D eigenvalue weighted by Crippen LogP contribution is 2.21. The fraction of sp³-hybridized carbons (Fsp3) is 0.267. The molecule has 0 aliphatic heterocycles. The van der Waals surface area contributed by atoms with E-state index in [1.165, 1.54) is 0 Å². The van der Waals surface area contributed by atoms with E-state index in [0.29, 0.717) is 10.6 Å². The molecule has 0 aliphatic carbocycles. The number of benzene rings is 1. The van der Waals surface area contributed by atoms with Gasteiger partial charge in [0, 0.05) is 25.3 Å². The number of carbonyl (C=O) groups is 1. The predicted molar refractivity (Wildman–Crippen MR) is 84.9 cm³/mol. The van der Waals surface area contributed by atoms with Gasteiger partial charge in [0.1, 0.15) is 4.88 Å². The number of carbonyl (C=O) groups excluding carboxylic acids is 1. The molecule has 1 aromatic carbocycles. The first-order valence-electron chi connectivity index (χ1n) is 6.86. The first kappa shape index (κ1) is 14.7. The van der Waals surface area contributed by atoms with Crippen LogP contribution >= 0.6 is 11.5 Å². The van der Waals surface area contributed by atoms with Gasteiger partial charge in [0.2, 0.25) is 0 Å². The fourth-order valence-electron chi connectivity index (χ4n) is 2.33. The Kier molecular flexibility index (Phi) is 3.91.